The Morgan fingerprint density at radius 2 is 1.82 bits per heavy atom. The van der Waals surface area contributed by atoms with Gasteiger partial charge in [-0.25, -0.2) is 9.78 Å². The summed E-state index contributed by atoms with van der Waals surface area (Å²) in [6.45, 7) is 9.05. The zero-order valence-electron chi connectivity index (χ0n) is 21.4. The van der Waals surface area contributed by atoms with Gasteiger partial charge in [-0.2, -0.15) is 0 Å². The predicted octanol–water partition coefficient (Wildman–Crippen LogP) is 4.99. The second-order valence-electron chi connectivity index (χ2n) is 8.37. The van der Waals surface area contributed by atoms with E-state index in [-0.39, 0.29) is 34.6 Å². The molecule has 4 rings (SSSR count). The van der Waals surface area contributed by atoms with Gasteiger partial charge < -0.3 is 19.3 Å². The molecule has 1 aliphatic heterocycles. The third-order valence-corrected chi connectivity index (χ3v) is 7.00. The van der Waals surface area contributed by atoms with Crippen LogP contribution in [0.4, 0.5) is 5.13 Å². The van der Waals surface area contributed by atoms with E-state index in [1.807, 2.05) is 0 Å². The minimum Gasteiger partial charge on any atom is -0.507 e. The first-order valence-corrected chi connectivity index (χ1v) is 12.7. The van der Waals surface area contributed by atoms with Crippen molar-refractivity contribution >= 4 is 39.9 Å². The zero-order chi connectivity index (χ0) is 28.1. The number of aliphatic hydroxyl groups excluding tert-OH is 1. The van der Waals surface area contributed by atoms with Crippen LogP contribution in [0.3, 0.4) is 0 Å². The number of esters is 1. The van der Waals surface area contributed by atoms with Crippen molar-refractivity contribution in [3.63, 3.8) is 0 Å². The summed E-state index contributed by atoms with van der Waals surface area (Å²) in [5.41, 5.74) is 1.02. The minimum absolute atomic E-state index is 0.00931. The lowest BCUT2D eigenvalue weighted by Crippen LogP contribution is -2.29. The van der Waals surface area contributed by atoms with Crippen LogP contribution < -0.4 is 14.4 Å². The Hall–Kier alpha value is -4.70. The number of hydrogen-bond acceptors (Lipinski definition) is 9. The number of aromatic nitrogens is 1. The first-order chi connectivity index (χ1) is 18.8. The Labute approximate surface area is 229 Å². The Bertz CT molecular complexity index is 1470. The summed E-state index contributed by atoms with van der Waals surface area (Å²) in [6.07, 6.45) is 3.03. The minimum atomic E-state index is -1.05. The quantitative estimate of drug-likeness (QED) is 0.124. The molecule has 1 aromatic heterocycles. The summed E-state index contributed by atoms with van der Waals surface area (Å²) in [5, 5.41) is 11.4. The van der Waals surface area contributed by atoms with Crippen molar-refractivity contribution in [2.75, 3.05) is 25.2 Å². The summed E-state index contributed by atoms with van der Waals surface area (Å²) in [7, 11) is 1.51. The Morgan fingerprint density at radius 3 is 2.49 bits per heavy atom. The molecule has 1 N–H and O–H groups in total. The number of anilines is 1. The normalized spacial score (nSPS) is 16.2. The number of ketones is 1. The van der Waals surface area contributed by atoms with Crippen molar-refractivity contribution < 1.29 is 33.7 Å². The number of nitrogens with zero attached hydrogens (tertiary/aromatic N) is 2. The van der Waals surface area contributed by atoms with E-state index in [1.54, 1.807) is 61.5 Å². The fourth-order valence-corrected chi connectivity index (χ4v) is 5.04. The van der Waals surface area contributed by atoms with Crippen molar-refractivity contribution in [3.8, 4) is 11.5 Å². The molecule has 1 saturated heterocycles. The summed E-state index contributed by atoms with van der Waals surface area (Å²) < 4.78 is 16.0. The first-order valence-electron chi connectivity index (χ1n) is 11.8. The maximum Gasteiger partial charge on any atom is 0.350 e. The van der Waals surface area contributed by atoms with Gasteiger partial charge in [-0.05, 0) is 48.9 Å². The first kappa shape index (κ1) is 27.3. The molecule has 9 nitrogen and oxygen atoms in total. The Balaban J connectivity index is 1.88. The van der Waals surface area contributed by atoms with E-state index in [1.165, 1.54) is 18.1 Å². The molecule has 200 valence electrons. The highest BCUT2D eigenvalue weighted by atomic mass is 32.1. The molecule has 0 spiro atoms. The number of Topliss-reactive ketones (excluding diaryl/α,β-unsaturated/α-hetero) is 1. The number of amides is 1. The molecule has 1 unspecified atom stereocenters. The van der Waals surface area contributed by atoms with Crippen molar-refractivity contribution in [2.24, 2.45) is 0 Å². The third kappa shape index (κ3) is 5.46. The van der Waals surface area contributed by atoms with E-state index in [4.69, 9.17) is 14.2 Å². The van der Waals surface area contributed by atoms with Gasteiger partial charge in [-0.3, -0.25) is 14.5 Å². The summed E-state index contributed by atoms with van der Waals surface area (Å²) >= 11 is 0.920. The van der Waals surface area contributed by atoms with Gasteiger partial charge in [0, 0.05) is 5.56 Å². The van der Waals surface area contributed by atoms with Gasteiger partial charge in [0.2, 0.25) is 0 Å². The van der Waals surface area contributed by atoms with E-state index in [9.17, 15) is 19.5 Å². The van der Waals surface area contributed by atoms with Gasteiger partial charge in [0.25, 0.3) is 5.78 Å². The molecule has 1 atom stereocenters. The average Bonchev–Trinajstić information content (AvgIpc) is 3.46. The Kier molecular flexibility index (Phi) is 8.26. The fraction of sp³-hybridized carbons (Fsp3) is 0.172. The SMILES string of the molecule is C=CCOC(=O)c1sc(N2C(=O)C(=O)/C(=C(/O)c3ccc(OC)cc3)C2c2cccc(OCC=C)c2)nc1C. The van der Waals surface area contributed by atoms with Gasteiger partial charge >= 0.3 is 11.9 Å². The Morgan fingerprint density at radius 1 is 1.10 bits per heavy atom. The van der Waals surface area contributed by atoms with Crippen LogP contribution in [0.15, 0.2) is 79.4 Å². The van der Waals surface area contributed by atoms with Gasteiger partial charge in [0.05, 0.1) is 24.4 Å². The molecule has 1 fully saturated rings. The molecule has 0 bridgehead atoms. The van der Waals surface area contributed by atoms with Crippen LogP contribution in [-0.4, -0.2) is 48.1 Å². The van der Waals surface area contributed by atoms with Crippen LogP contribution in [0.2, 0.25) is 0 Å². The molecule has 10 heteroatoms. The largest absolute Gasteiger partial charge is 0.507 e. The summed E-state index contributed by atoms with van der Waals surface area (Å²) in [6, 6.07) is 12.2. The van der Waals surface area contributed by atoms with Crippen molar-refractivity contribution in [1.82, 2.24) is 4.98 Å². The van der Waals surface area contributed by atoms with E-state index < -0.39 is 23.7 Å². The molecule has 0 saturated carbocycles. The average molecular weight is 547 g/mol. The number of benzene rings is 2. The van der Waals surface area contributed by atoms with Crippen molar-refractivity contribution in [1.29, 1.82) is 0 Å². The molecule has 0 aliphatic carbocycles. The lowest BCUT2D eigenvalue weighted by Gasteiger charge is -2.23. The predicted molar refractivity (Wildman–Crippen MR) is 147 cm³/mol. The maximum absolute atomic E-state index is 13.5. The highest BCUT2D eigenvalue weighted by molar-refractivity contribution is 7.17. The van der Waals surface area contributed by atoms with Crippen LogP contribution in [-0.2, 0) is 14.3 Å². The summed E-state index contributed by atoms with van der Waals surface area (Å²) in [5.74, 6) is -1.74. The number of carbonyl (C=O) groups excluding carboxylic acids is 3. The number of aliphatic hydroxyl groups is 1. The monoisotopic (exact) mass is 546 g/mol. The van der Waals surface area contributed by atoms with E-state index >= 15 is 0 Å². The number of ether oxygens (including phenoxy) is 3. The van der Waals surface area contributed by atoms with Gasteiger partial charge in [-0.1, -0.05) is 48.8 Å². The van der Waals surface area contributed by atoms with Crippen molar-refractivity contribution in [2.45, 2.75) is 13.0 Å². The number of thiazole rings is 1. The van der Waals surface area contributed by atoms with Crippen LogP contribution in [0, 0.1) is 6.92 Å². The molecule has 3 aromatic rings. The third-order valence-electron chi connectivity index (χ3n) is 5.86. The van der Waals surface area contributed by atoms with Crippen LogP contribution >= 0.6 is 11.3 Å². The molecule has 1 aliphatic rings. The van der Waals surface area contributed by atoms with Crippen LogP contribution in [0.25, 0.3) is 5.76 Å². The second kappa shape index (κ2) is 11.8. The molecule has 1 amide bonds. The van der Waals surface area contributed by atoms with Gasteiger partial charge in [-0.15, -0.1) is 0 Å². The van der Waals surface area contributed by atoms with Crippen LogP contribution in [0.1, 0.15) is 32.5 Å². The smallest absolute Gasteiger partial charge is 0.350 e. The van der Waals surface area contributed by atoms with E-state index in [0.717, 1.165) is 11.3 Å². The number of hydrogen-bond donors (Lipinski definition) is 1. The van der Waals surface area contributed by atoms with Gasteiger partial charge in [0.1, 0.15) is 35.3 Å². The lowest BCUT2D eigenvalue weighted by atomic mass is 9.95. The van der Waals surface area contributed by atoms with Crippen LogP contribution in [0.5, 0.6) is 11.5 Å². The lowest BCUT2D eigenvalue weighted by molar-refractivity contribution is -0.132. The summed E-state index contributed by atoms with van der Waals surface area (Å²) in [4.78, 5) is 45.2. The fourth-order valence-electron chi connectivity index (χ4n) is 4.05. The standard InChI is InChI=1S/C29H26N2O7S/c1-5-14-37-21-9-7-8-19(16-21)23-22(24(32)18-10-12-20(36-4)13-11-18)25(33)27(34)31(23)29-30-17(3)26(39-29)28(35)38-15-6-2/h5-13,16,23,32H,1-2,14-15H2,3-4H3/b24-22+. The topological polar surface area (TPSA) is 115 Å². The molecule has 39 heavy (non-hydrogen) atoms. The van der Waals surface area contributed by atoms with E-state index in [0.29, 0.717) is 28.3 Å². The highest BCUT2D eigenvalue weighted by Crippen LogP contribution is 2.44. The number of aryl methyl sites for hydroxylation is 1. The molecular formula is C29H26N2O7S. The number of methoxy groups -OCH3 is 1. The molecule has 2 aromatic carbocycles. The number of rotatable bonds is 10. The highest BCUT2D eigenvalue weighted by Gasteiger charge is 2.48. The molecular weight excluding hydrogens is 520 g/mol. The van der Waals surface area contributed by atoms with Gasteiger partial charge in [0.15, 0.2) is 5.13 Å². The molecule has 0 radical (unpaired) electrons. The van der Waals surface area contributed by atoms with Crippen molar-refractivity contribution in [3.05, 3.63) is 101 Å². The van der Waals surface area contributed by atoms with E-state index in [2.05, 4.69) is 18.1 Å². The number of carbonyl (C=O) groups is 3. The molecule has 2 heterocycles. The zero-order valence-corrected chi connectivity index (χ0v) is 22.2. The maximum atomic E-state index is 13.5. The second-order valence-corrected chi connectivity index (χ2v) is 9.35.